The predicted molar refractivity (Wildman–Crippen MR) is 309 cm³/mol. The van der Waals surface area contributed by atoms with Crippen LogP contribution >= 0.6 is 0 Å². The Morgan fingerprint density at radius 1 is 0.438 bits per heavy atom. The minimum absolute atomic E-state index is 0.0799. The molecular weight excluding hydrogens is 1010 g/mol. The van der Waals surface area contributed by atoms with Gasteiger partial charge >= 0.3 is 11.9 Å². The van der Waals surface area contributed by atoms with Crippen molar-refractivity contribution in [2.24, 2.45) is 0 Å². The molecular formula is C66H74N4O10. The number of hydrogen-bond donors (Lipinski definition) is 0. The molecule has 418 valence electrons. The summed E-state index contributed by atoms with van der Waals surface area (Å²) in [7, 11) is 6.60. The fraction of sp³-hybridized carbons (Fsp3) is 0.394. The average molecular weight is 1080 g/mol. The zero-order chi connectivity index (χ0) is 55.9. The zero-order valence-corrected chi connectivity index (χ0v) is 47.3. The van der Waals surface area contributed by atoms with Crippen molar-refractivity contribution >= 4 is 35.1 Å². The summed E-state index contributed by atoms with van der Waals surface area (Å²) in [5.74, 6) is -0.205. The van der Waals surface area contributed by atoms with E-state index in [0.29, 0.717) is 61.6 Å². The minimum Gasteiger partial charge on any atom is -0.493 e. The summed E-state index contributed by atoms with van der Waals surface area (Å²) in [4.78, 5) is 67.7. The van der Waals surface area contributed by atoms with Crippen LogP contribution < -0.4 is 38.2 Å². The van der Waals surface area contributed by atoms with Gasteiger partial charge in [-0.2, -0.15) is 0 Å². The molecule has 6 aromatic rings. The number of rotatable bonds is 18. The number of esters is 2. The second kappa shape index (κ2) is 25.2. The maximum atomic E-state index is 15.2. The normalized spacial score (nSPS) is 14.8. The van der Waals surface area contributed by atoms with Gasteiger partial charge in [-0.3, -0.25) is 19.4 Å². The first-order chi connectivity index (χ1) is 38.9. The summed E-state index contributed by atoms with van der Waals surface area (Å²) in [5.41, 5.74) is 12.2. The minimum atomic E-state index is -1.26. The van der Waals surface area contributed by atoms with E-state index in [2.05, 4.69) is 34.1 Å². The highest BCUT2D eigenvalue weighted by atomic mass is 16.6. The zero-order valence-electron chi connectivity index (χ0n) is 47.3. The molecule has 2 aliphatic carbocycles. The lowest BCUT2D eigenvalue weighted by Crippen LogP contribution is -2.37. The van der Waals surface area contributed by atoms with Gasteiger partial charge in [0.2, 0.25) is 0 Å². The van der Waals surface area contributed by atoms with Crippen molar-refractivity contribution in [1.29, 1.82) is 0 Å². The monoisotopic (exact) mass is 1080 g/mol. The molecule has 0 bridgehead atoms. The quantitative estimate of drug-likeness (QED) is 0.0460. The number of amides is 2. The van der Waals surface area contributed by atoms with E-state index in [1.165, 1.54) is 22.3 Å². The maximum absolute atomic E-state index is 15.2. The Kier molecular flexibility index (Phi) is 17.5. The fourth-order valence-corrected chi connectivity index (χ4v) is 12.0. The third-order valence-corrected chi connectivity index (χ3v) is 16.5. The van der Waals surface area contributed by atoms with Gasteiger partial charge in [0.05, 0.1) is 39.6 Å². The van der Waals surface area contributed by atoms with Crippen LogP contribution in [-0.2, 0) is 61.2 Å². The van der Waals surface area contributed by atoms with Gasteiger partial charge in [0.25, 0.3) is 11.8 Å². The van der Waals surface area contributed by atoms with E-state index in [-0.39, 0.29) is 34.4 Å². The summed E-state index contributed by atoms with van der Waals surface area (Å²) in [6.45, 7) is 9.45. The van der Waals surface area contributed by atoms with E-state index in [1.54, 1.807) is 50.4 Å². The van der Waals surface area contributed by atoms with Crippen LogP contribution in [0.1, 0.15) is 115 Å². The summed E-state index contributed by atoms with van der Waals surface area (Å²) < 4.78 is 34.8. The second-order valence-corrected chi connectivity index (χ2v) is 21.6. The number of aryl methyl sites for hydroxylation is 4. The van der Waals surface area contributed by atoms with Crippen LogP contribution in [0.25, 0.3) is 0 Å². The molecule has 0 fully saturated rings. The summed E-state index contributed by atoms with van der Waals surface area (Å²) in [6.07, 6.45) is 9.23. The number of ether oxygens (including phenoxy) is 6. The van der Waals surface area contributed by atoms with Crippen molar-refractivity contribution < 1.29 is 47.6 Å². The molecule has 14 nitrogen and oxygen atoms in total. The molecule has 2 heterocycles. The highest BCUT2D eigenvalue weighted by molar-refractivity contribution is 6.31. The van der Waals surface area contributed by atoms with Gasteiger partial charge in [-0.15, -0.1) is 0 Å². The SMILES string of the molecule is COc1cc2c(cc1OC)CN(CCCN(C(=O)c1ccc3c(c1OC(=O)C(=O)Oc1c(C(=O)N(CCCN4CCc5cc(OC)c(OC)cc5C4)c4ccc(C)cc4)ccc4c1CCCC4)CCCC3)c1ccc(C)cc1)CC2. The number of carbonyl (C=O) groups is 4. The topological polar surface area (TPSA) is 137 Å². The van der Waals surface area contributed by atoms with Crippen LogP contribution in [0.3, 0.4) is 0 Å². The van der Waals surface area contributed by atoms with Crippen LogP contribution in [0.4, 0.5) is 11.4 Å². The molecule has 0 N–H and O–H groups in total. The molecule has 2 amide bonds. The predicted octanol–water partition coefficient (Wildman–Crippen LogP) is 10.8. The first-order valence-electron chi connectivity index (χ1n) is 28.4. The van der Waals surface area contributed by atoms with E-state index in [4.69, 9.17) is 28.4 Å². The van der Waals surface area contributed by atoms with Crippen molar-refractivity contribution in [3.05, 3.63) is 164 Å². The fourth-order valence-electron chi connectivity index (χ4n) is 12.0. The number of methoxy groups -OCH3 is 4. The maximum Gasteiger partial charge on any atom is 0.423 e. The summed E-state index contributed by atoms with van der Waals surface area (Å²) in [6, 6.07) is 31.3. The molecule has 0 radical (unpaired) electrons. The van der Waals surface area contributed by atoms with Gasteiger partial charge in [0.15, 0.2) is 23.0 Å². The number of hydrogen-bond acceptors (Lipinski definition) is 12. The van der Waals surface area contributed by atoms with Crippen LogP contribution in [0, 0.1) is 13.8 Å². The lowest BCUT2D eigenvalue weighted by atomic mass is 9.89. The van der Waals surface area contributed by atoms with Crippen LogP contribution in [0.2, 0.25) is 0 Å². The van der Waals surface area contributed by atoms with Crippen molar-refractivity contribution in [2.75, 3.05) is 77.5 Å². The summed E-state index contributed by atoms with van der Waals surface area (Å²) >= 11 is 0. The molecule has 14 heteroatoms. The highest BCUT2D eigenvalue weighted by Gasteiger charge is 2.34. The third kappa shape index (κ3) is 12.2. The van der Waals surface area contributed by atoms with E-state index in [0.717, 1.165) is 136 Å². The Balaban J connectivity index is 0.890. The lowest BCUT2D eigenvalue weighted by Gasteiger charge is -2.31. The molecule has 0 saturated carbocycles. The molecule has 0 unspecified atom stereocenters. The van der Waals surface area contributed by atoms with Crippen LogP contribution in [-0.4, -0.2) is 101 Å². The Labute approximate surface area is 470 Å². The molecule has 80 heavy (non-hydrogen) atoms. The Morgan fingerprint density at radius 3 is 1.18 bits per heavy atom. The molecule has 10 rings (SSSR count). The Morgan fingerprint density at radius 2 is 0.800 bits per heavy atom. The van der Waals surface area contributed by atoms with Crippen LogP contribution in [0.5, 0.6) is 34.5 Å². The Bertz CT molecular complexity index is 3050. The highest BCUT2D eigenvalue weighted by Crippen LogP contribution is 2.39. The molecule has 0 atom stereocenters. The third-order valence-electron chi connectivity index (χ3n) is 16.5. The van der Waals surface area contributed by atoms with E-state index < -0.39 is 11.9 Å². The Hall–Kier alpha value is -7.68. The molecule has 0 spiro atoms. The second-order valence-electron chi connectivity index (χ2n) is 21.6. The molecule has 2 aliphatic heterocycles. The number of nitrogens with zero attached hydrogens (tertiary/aromatic N) is 4. The van der Waals surface area contributed by atoms with E-state index in [1.807, 2.05) is 74.5 Å². The number of fused-ring (bicyclic) bond motifs is 4. The van der Waals surface area contributed by atoms with E-state index >= 15 is 9.59 Å². The number of anilines is 2. The van der Waals surface area contributed by atoms with Gasteiger partial charge in [-0.1, -0.05) is 47.5 Å². The molecule has 6 aromatic carbocycles. The average Bonchev–Trinajstić information content (AvgIpc) is 3.67. The largest absolute Gasteiger partial charge is 0.493 e. The van der Waals surface area contributed by atoms with Gasteiger partial charge < -0.3 is 38.2 Å². The van der Waals surface area contributed by atoms with Gasteiger partial charge in [-0.05, 0) is 196 Å². The van der Waals surface area contributed by atoms with E-state index in [9.17, 15) is 9.59 Å². The molecule has 0 aromatic heterocycles. The van der Waals surface area contributed by atoms with Gasteiger partial charge in [0.1, 0.15) is 11.5 Å². The molecule has 4 aliphatic rings. The standard InChI is InChI=1S/C66H74N4O10/c1-43-17-23-51(24-18-43)69(33-11-31-67-35-29-47-37-57(75-3)59(77-5)39-49(47)41-67)63(71)55-27-21-45-13-7-9-15-53(45)61(55)79-65(73)66(74)80-62-54-16-10-8-14-46(54)22-28-56(62)64(72)70(52-25-19-44(2)20-26-52)34-12-32-68-36-30-48-38-58(76-4)60(78-6)40-50(48)42-68/h17-28,37-40H,7-16,29-36,41-42H2,1-6H3. The summed E-state index contributed by atoms with van der Waals surface area (Å²) in [5, 5.41) is 0. The van der Waals surface area contributed by atoms with Crippen molar-refractivity contribution in [3.63, 3.8) is 0 Å². The van der Waals surface area contributed by atoms with Crippen molar-refractivity contribution in [3.8, 4) is 34.5 Å². The number of benzene rings is 6. The van der Waals surface area contributed by atoms with Crippen molar-refractivity contribution in [2.45, 2.75) is 104 Å². The number of carbonyl (C=O) groups excluding carboxylic acids is 4. The van der Waals surface area contributed by atoms with Gasteiger partial charge in [0, 0.05) is 63.7 Å². The smallest absolute Gasteiger partial charge is 0.423 e. The first kappa shape index (κ1) is 55.6. The lowest BCUT2D eigenvalue weighted by molar-refractivity contribution is -0.156. The van der Waals surface area contributed by atoms with Crippen LogP contribution in [0.15, 0.2) is 97.1 Å². The van der Waals surface area contributed by atoms with Crippen molar-refractivity contribution in [1.82, 2.24) is 9.80 Å². The van der Waals surface area contributed by atoms with Gasteiger partial charge in [-0.25, -0.2) is 9.59 Å². The molecule has 0 saturated heterocycles. The first-order valence-corrected chi connectivity index (χ1v) is 28.4.